The normalized spacial score (nSPS) is 12.0. The number of halogens is 1. The fraction of sp³-hybridized carbons (Fsp3) is 0.273. The van der Waals surface area contributed by atoms with E-state index in [1.807, 2.05) is 19.1 Å². The highest BCUT2D eigenvalue weighted by molar-refractivity contribution is 9.10. The lowest BCUT2D eigenvalue weighted by Gasteiger charge is -2.21. The SMILES string of the molecule is Cc1ccc(Br)cc1N(C)C(=O)C(N)C(=O)O. The molecule has 0 spiro atoms. The number of amides is 1. The van der Waals surface area contributed by atoms with E-state index in [4.69, 9.17) is 10.8 Å². The topological polar surface area (TPSA) is 83.6 Å². The fourth-order valence-electron chi connectivity index (χ4n) is 1.38. The number of likely N-dealkylation sites (N-methyl/N-ethyl adjacent to an activating group) is 1. The molecular formula is C11H13BrN2O3. The van der Waals surface area contributed by atoms with Crippen molar-refractivity contribution in [3.05, 3.63) is 28.2 Å². The lowest BCUT2D eigenvalue weighted by Crippen LogP contribution is -2.47. The summed E-state index contributed by atoms with van der Waals surface area (Å²) < 4.78 is 0.807. The number of hydrogen-bond acceptors (Lipinski definition) is 3. The number of carboxylic acids is 1. The van der Waals surface area contributed by atoms with Crippen LogP contribution in [0.2, 0.25) is 0 Å². The maximum absolute atomic E-state index is 11.8. The van der Waals surface area contributed by atoms with Crippen LogP contribution < -0.4 is 10.6 Å². The Bertz CT molecular complexity index is 462. The number of aliphatic carboxylic acids is 1. The van der Waals surface area contributed by atoms with Crippen LogP contribution in [0.3, 0.4) is 0 Å². The van der Waals surface area contributed by atoms with Gasteiger partial charge < -0.3 is 15.7 Å². The molecule has 0 heterocycles. The van der Waals surface area contributed by atoms with Crippen molar-refractivity contribution in [2.24, 2.45) is 5.73 Å². The Morgan fingerprint density at radius 1 is 1.47 bits per heavy atom. The minimum atomic E-state index is -1.54. The average molecular weight is 301 g/mol. The Morgan fingerprint density at radius 2 is 2.06 bits per heavy atom. The van der Waals surface area contributed by atoms with Crippen molar-refractivity contribution in [3.63, 3.8) is 0 Å². The molecule has 6 heteroatoms. The van der Waals surface area contributed by atoms with E-state index < -0.39 is 17.9 Å². The molecule has 0 aliphatic heterocycles. The standard InChI is InChI=1S/C11H13BrN2O3/c1-6-3-4-7(12)5-8(6)14(2)10(15)9(13)11(16)17/h3-5,9H,13H2,1-2H3,(H,16,17). The van der Waals surface area contributed by atoms with Gasteiger partial charge in [-0.25, -0.2) is 4.79 Å². The average Bonchev–Trinajstić information content (AvgIpc) is 2.29. The number of carbonyl (C=O) groups is 2. The highest BCUT2D eigenvalue weighted by Crippen LogP contribution is 2.24. The third kappa shape index (κ3) is 3.04. The number of rotatable bonds is 3. The van der Waals surface area contributed by atoms with Gasteiger partial charge in [0.25, 0.3) is 5.91 Å². The Kier molecular flexibility index (Phi) is 4.25. The van der Waals surface area contributed by atoms with E-state index >= 15 is 0 Å². The van der Waals surface area contributed by atoms with Gasteiger partial charge in [0.2, 0.25) is 0 Å². The number of hydrogen-bond donors (Lipinski definition) is 2. The molecule has 0 aliphatic rings. The zero-order valence-electron chi connectivity index (χ0n) is 9.48. The van der Waals surface area contributed by atoms with Crippen LogP contribution in [-0.2, 0) is 9.59 Å². The molecule has 0 fully saturated rings. The van der Waals surface area contributed by atoms with Crippen molar-refractivity contribution >= 4 is 33.5 Å². The molecule has 5 nitrogen and oxygen atoms in total. The van der Waals surface area contributed by atoms with E-state index in [1.165, 1.54) is 11.9 Å². The summed E-state index contributed by atoms with van der Waals surface area (Å²) in [6, 6.07) is 3.87. The van der Waals surface area contributed by atoms with Crippen molar-refractivity contribution in [1.82, 2.24) is 0 Å². The van der Waals surface area contributed by atoms with Crippen LogP contribution in [0.25, 0.3) is 0 Å². The molecule has 0 radical (unpaired) electrons. The van der Waals surface area contributed by atoms with Crippen LogP contribution in [0.5, 0.6) is 0 Å². The molecule has 1 rings (SSSR count). The maximum atomic E-state index is 11.8. The molecule has 92 valence electrons. The molecule has 1 atom stereocenters. The summed E-state index contributed by atoms with van der Waals surface area (Å²) in [5, 5.41) is 8.69. The van der Waals surface area contributed by atoms with E-state index in [0.717, 1.165) is 10.0 Å². The second-order valence-corrected chi connectivity index (χ2v) is 4.56. The fourth-order valence-corrected chi connectivity index (χ4v) is 1.73. The molecule has 1 aromatic carbocycles. The van der Waals surface area contributed by atoms with Crippen molar-refractivity contribution in [2.45, 2.75) is 13.0 Å². The smallest absolute Gasteiger partial charge is 0.330 e. The van der Waals surface area contributed by atoms with Crippen LogP contribution >= 0.6 is 15.9 Å². The number of carbonyl (C=O) groups excluding carboxylic acids is 1. The minimum Gasteiger partial charge on any atom is -0.480 e. The van der Waals surface area contributed by atoms with Crippen LogP contribution in [0.1, 0.15) is 5.56 Å². The predicted molar refractivity (Wildman–Crippen MR) is 67.9 cm³/mol. The van der Waals surface area contributed by atoms with Crippen LogP contribution in [0.15, 0.2) is 22.7 Å². The third-order valence-electron chi connectivity index (χ3n) is 2.40. The van der Waals surface area contributed by atoms with Gasteiger partial charge in [0.15, 0.2) is 6.04 Å². The zero-order chi connectivity index (χ0) is 13.2. The molecule has 0 aliphatic carbocycles. The molecule has 0 bridgehead atoms. The first kappa shape index (κ1) is 13.7. The zero-order valence-corrected chi connectivity index (χ0v) is 11.1. The Hall–Kier alpha value is -1.40. The number of nitrogens with zero attached hydrogens (tertiary/aromatic N) is 1. The number of aryl methyl sites for hydroxylation is 1. The molecule has 1 aromatic rings. The number of nitrogens with two attached hydrogens (primary N) is 1. The summed E-state index contributed by atoms with van der Waals surface area (Å²) in [6.45, 7) is 1.83. The largest absolute Gasteiger partial charge is 0.480 e. The minimum absolute atomic E-state index is 0.626. The van der Waals surface area contributed by atoms with Crippen molar-refractivity contribution < 1.29 is 14.7 Å². The predicted octanol–water partition coefficient (Wildman–Crippen LogP) is 1.13. The van der Waals surface area contributed by atoms with Crippen molar-refractivity contribution in [2.75, 3.05) is 11.9 Å². The summed E-state index contributed by atoms with van der Waals surface area (Å²) >= 11 is 3.29. The van der Waals surface area contributed by atoms with Gasteiger partial charge >= 0.3 is 5.97 Å². The van der Waals surface area contributed by atoms with Gasteiger partial charge in [-0.3, -0.25) is 4.79 Å². The summed E-state index contributed by atoms with van der Waals surface area (Å²) in [6.07, 6.45) is 0. The summed E-state index contributed by atoms with van der Waals surface area (Å²) in [7, 11) is 1.50. The lowest BCUT2D eigenvalue weighted by atomic mass is 10.1. The molecule has 3 N–H and O–H groups in total. The summed E-state index contributed by atoms with van der Waals surface area (Å²) in [5.74, 6) is -1.99. The first-order valence-corrected chi connectivity index (χ1v) is 5.66. The second-order valence-electron chi connectivity index (χ2n) is 3.64. The van der Waals surface area contributed by atoms with Gasteiger partial charge in [-0.15, -0.1) is 0 Å². The van der Waals surface area contributed by atoms with Crippen molar-refractivity contribution in [3.8, 4) is 0 Å². The third-order valence-corrected chi connectivity index (χ3v) is 2.89. The van der Waals surface area contributed by atoms with Crippen LogP contribution in [-0.4, -0.2) is 30.1 Å². The van der Waals surface area contributed by atoms with E-state index in [9.17, 15) is 9.59 Å². The van der Waals surface area contributed by atoms with Gasteiger partial charge in [0.1, 0.15) is 0 Å². The molecule has 17 heavy (non-hydrogen) atoms. The van der Waals surface area contributed by atoms with E-state index in [1.54, 1.807) is 6.07 Å². The van der Waals surface area contributed by atoms with Crippen LogP contribution in [0.4, 0.5) is 5.69 Å². The van der Waals surface area contributed by atoms with E-state index in [0.29, 0.717) is 5.69 Å². The first-order valence-electron chi connectivity index (χ1n) is 4.86. The molecule has 0 saturated heterocycles. The monoisotopic (exact) mass is 300 g/mol. The number of anilines is 1. The number of benzene rings is 1. The highest BCUT2D eigenvalue weighted by Gasteiger charge is 2.26. The van der Waals surface area contributed by atoms with Gasteiger partial charge in [0.05, 0.1) is 0 Å². The number of carboxylic acid groups (broad SMARTS) is 1. The quantitative estimate of drug-likeness (QED) is 0.820. The molecular weight excluding hydrogens is 288 g/mol. The Balaban J connectivity index is 3.04. The van der Waals surface area contributed by atoms with Crippen molar-refractivity contribution in [1.29, 1.82) is 0 Å². The van der Waals surface area contributed by atoms with E-state index in [2.05, 4.69) is 15.9 Å². The molecule has 0 saturated carbocycles. The van der Waals surface area contributed by atoms with E-state index in [-0.39, 0.29) is 0 Å². The maximum Gasteiger partial charge on any atom is 0.330 e. The summed E-state index contributed by atoms with van der Waals surface area (Å²) in [5.41, 5.74) is 6.77. The first-order chi connectivity index (χ1) is 7.84. The molecule has 1 unspecified atom stereocenters. The Labute approximate surface area is 107 Å². The highest BCUT2D eigenvalue weighted by atomic mass is 79.9. The Morgan fingerprint density at radius 3 is 2.59 bits per heavy atom. The van der Waals surface area contributed by atoms with Gasteiger partial charge in [0, 0.05) is 17.2 Å². The van der Waals surface area contributed by atoms with Gasteiger partial charge in [-0.1, -0.05) is 22.0 Å². The summed E-state index contributed by atoms with van der Waals surface area (Å²) in [4.78, 5) is 23.6. The lowest BCUT2D eigenvalue weighted by molar-refractivity contribution is -0.142. The molecule has 1 amide bonds. The van der Waals surface area contributed by atoms with Crippen LogP contribution in [0, 0.1) is 6.92 Å². The molecule has 0 aromatic heterocycles. The second kappa shape index (κ2) is 5.29. The van der Waals surface area contributed by atoms with Gasteiger partial charge in [-0.2, -0.15) is 0 Å². The van der Waals surface area contributed by atoms with Gasteiger partial charge in [-0.05, 0) is 24.6 Å².